The molecule has 0 radical (unpaired) electrons. The molecule has 1 aliphatic heterocycles. The molecule has 0 spiro atoms. The molecule has 2 amide bonds. The molecule has 1 aliphatic rings. The van der Waals surface area contributed by atoms with E-state index in [0.717, 1.165) is 12.0 Å². The molecular formula is C20H24N4O3. The fourth-order valence-corrected chi connectivity index (χ4v) is 3.27. The molecule has 2 heterocycles. The predicted octanol–water partition coefficient (Wildman–Crippen LogP) is 2.14. The Morgan fingerprint density at radius 2 is 1.93 bits per heavy atom. The van der Waals surface area contributed by atoms with E-state index in [4.69, 9.17) is 4.74 Å². The predicted molar refractivity (Wildman–Crippen MR) is 100 cm³/mol. The molecule has 7 heteroatoms. The van der Waals surface area contributed by atoms with Crippen molar-refractivity contribution in [3.05, 3.63) is 53.9 Å². The van der Waals surface area contributed by atoms with Crippen LogP contribution in [0.15, 0.2) is 42.7 Å². The average Bonchev–Trinajstić information content (AvgIpc) is 2.87. The summed E-state index contributed by atoms with van der Waals surface area (Å²) >= 11 is 0. The third-order valence-corrected chi connectivity index (χ3v) is 4.80. The molecule has 3 rings (SSSR count). The molecule has 0 saturated carbocycles. The Kier molecular flexibility index (Phi) is 6.01. The molecule has 0 bridgehead atoms. The second-order valence-electron chi connectivity index (χ2n) is 6.53. The third-order valence-electron chi connectivity index (χ3n) is 4.80. The van der Waals surface area contributed by atoms with E-state index in [1.807, 2.05) is 42.2 Å². The topological polar surface area (TPSA) is 75.6 Å². The highest BCUT2D eigenvalue weighted by Crippen LogP contribution is 2.19. The van der Waals surface area contributed by atoms with Crippen LogP contribution in [0.2, 0.25) is 0 Å². The standard InChI is InChI=1S/C20H24N4O3/c1-3-17-14-23(19(26)16-11-21-20(27-2)22-12-16)10-9-18(25)24(17)13-15-7-5-4-6-8-15/h4-8,11-12,17H,3,9-10,13-14H2,1-2H3/t17-/m1/s1. The molecule has 0 unspecified atom stereocenters. The monoisotopic (exact) mass is 368 g/mol. The van der Waals surface area contributed by atoms with Crippen LogP contribution in [0.1, 0.15) is 35.7 Å². The molecule has 2 aromatic rings. The van der Waals surface area contributed by atoms with Gasteiger partial charge in [-0.3, -0.25) is 9.59 Å². The van der Waals surface area contributed by atoms with Crippen LogP contribution in [-0.4, -0.2) is 57.8 Å². The van der Waals surface area contributed by atoms with Crippen LogP contribution in [0.4, 0.5) is 0 Å². The Morgan fingerprint density at radius 1 is 1.22 bits per heavy atom. The van der Waals surface area contributed by atoms with Gasteiger partial charge in [-0.1, -0.05) is 37.3 Å². The van der Waals surface area contributed by atoms with Crippen LogP contribution >= 0.6 is 0 Å². The number of ether oxygens (including phenoxy) is 1. The van der Waals surface area contributed by atoms with Gasteiger partial charge in [0.1, 0.15) is 0 Å². The van der Waals surface area contributed by atoms with E-state index in [-0.39, 0.29) is 23.9 Å². The smallest absolute Gasteiger partial charge is 0.316 e. The number of nitrogens with zero attached hydrogens (tertiary/aromatic N) is 4. The van der Waals surface area contributed by atoms with Crippen LogP contribution in [0.25, 0.3) is 0 Å². The van der Waals surface area contributed by atoms with Gasteiger partial charge < -0.3 is 14.5 Å². The van der Waals surface area contributed by atoms with Crippen molar-refractivity contribution < 1.29 is 14.3 Å². The molecule has 1 aromatic heterocycles. The van der Waals surface area contributed by atoms with E-state index in [1.54, 1.807) is 4.90 Å². The first kappa shape index (κ1) is 18.8. The Labute approximate surface area is 159 Å². The molecule has 27 heavy (non-hydrogen) atoms. The van der Waals surface area contributed by atoms with Gasteiger partial charge in [-0.2, -0.15) is 0 Å². The van der Waals surface area contributed by atoms with E-state index in [2.05, 4.69) is 9.97 Å². The van der Waals surface area contributed by atoms with Gasteiger partial charge in [0.15, 0.2) is 0 Å². The molecule has 1 fully saturated rings. The van der Waals surface area contributed by atoms with Crippen molar-refractivity contribution in [3.63, 3.8) is 0 Å². The lowest BCUT2D eigenvalue weighted by Crippen LogP contribution is -2.43. The molecule has 142 valence electrons. The highest BCUT2D eigenvalue weighted by molar-refractivity contribution is 5.94. The molecular weight excluding hydrogens is 344 g/mol. The Bertz CT molecular complexity index is 780. The van der Waals surface area contributed by atoms with Crippen molar-refractivity contribution in [1.29, 1.82) is 0 Å². The van der Waals surface area contributed by atoms with Crippen LogP contribution in [0.3, 0.4) is 0 Å². The molecule has 1 atom stereocenters. The van der Waals surface area contributed by atoms with E-state index in [9.17, 15) is 9.59 Å². The van der Waals surface area contributed by atoms with Crippen LogP contribution < -0.4 is 4.74 Å². The lowest BCUT2D eigenvalue weighted by atomic mass is 10.1. The fourth-order valence-electron chi connectivity index (χ4n) is 3.27. The molecule has 1 saturated heterocycles. The first-order valence-corrected chi connectivity index (χ1v) is 9.11. The number of benzene rings is 1. The Morgan fingerprint density at radius 3 is 2.56 bits per heavy atom. The van der Waals surface area contributed by atoms with Gasteiger partial charge in [0, 0.05) is 44.5 Å². The Hall–Kier alpha value is -2.96. The number of amides is 2. The summed E-state index contributed by atoms with van der Waals surface area (Å²) in [5.41, 5.74) is 1.49. The van der Waals surface area contributed by atoms with Gasteiger partial charge >= 0.3 is 6.01 Å². The van der Waals surface area contributed by atoms with Gasteiger partial charge in [0.2, 0.25) is 5.91 Å². The maximum absolute atomic E-state index is 12.9. The number of hydrogen-bond acceptors (Lipinski definition) is 5. The van der Waals surface area contributed by atoms with Crippen LogP contribution in [-0.2, 0) is 11.3 Å². The number of methoxy groups -OCH3 is 1. The van der Waals surface area contributed by atoms with Gasteiger partial charge in [0.25, 0.3) is 5.91 Å². The first-order valence-electron chi connectivity index (χ1n) is 9.11. The SMILES string of the molecule is CC[C@@H]1CN(C(=O)c2cnc(OC)nc2)CCC(=O)N1Cc1ccccc1. The largest absolute Gasteiger partial charge is 0.467 e. The lowest BCUT2D eigenvalue weighted by Gasteiger charge is -2.31. The quantitative estimate of drug-likeness (QED) is 0.808. The van der Waals surface area contributed by atoms with Gasteiger partial charge in [-0.05, 0) is 12.0 Å². The maximum Gasteiger partial charge on any atom is 0.316 e. The van der Waals surface area contributed by atoms with E-state index in [0.29, 0.717) is 31.6 Å². The van der Waals surface area contributed by atoms with Gasteiger partial charge in [-0.15, -0.1) is 0 Å². The summed E-state index contributed by atoms with van der Waals surface area (Å²) in [6.07, 6.45) is 4.01. The number of aromatic nitrogens is 2. The fraction of sp³-hybridized carbons (Fsp3) is 0.400. The van der Waals surface area contributed by atoms with Gasteiger partial charge in [-0.25, -0.2) is 9.97 Å². The minimum Gasteiger partial charge on any atom is -0.467 e. The second kappa shape index (κ2) is 8.62. The van der Waals surface area contributed by atoms with E-state index in [1.165, 1.54) is 19.5 Å². The van der Waals surface area contributed by atoms with Crippen molar-refractivity contribution in [2.24, 2.45) is 0 Å². The highest BCUT2D eigenvalue weighted by Gasteiger charge is 2.31. The zero-order valence-corrected chi connectivity index (χ0v) is 15.7. The zero-order chi connectivity index (χ0) is 19.2. The summed E-state index contributed by atoms with van der Waals surface area (Å²) in [5.74, 6) is -0.0857. The number of rotatable bonds is 5. The normalized spacial score (nSPS) is 17.6. The van der Waals surface area contributed by atoms with Crippen molar-refractivity contribution in [1.82, 2.24) is 19.8 Å². The summed E-state index contributed by atoms with van der Waals surface area (Å²) in [4.78, 5) is 37.2. The molecule has 0 aliphatic carbocycles. The van der Waals surface area contributed by atoms with E-state index >= 15 is 0 Å². The minimum atomic E-state index is -0.162. The number of carbonyl (C=O) groups is 2. The van der Waals surface area contributed by atoms with Crippen molar-refractivity contribution in [3.8, 4) is 6.01 Å². The van der Waals surface area contributed by atoms with Gasteiger partial charge in [0.05, 0.1) is 12.7 Å². The lowest BCUT2D eigenvalue weighted by molar-refractivity contribution is -0.133. The summed E-state index contributed by atoms with van der Waals surface area (Å²) in [6.45, 7) is 3.50. The average molecular weight is 368 g/mol. The Balaban J connectivity index is 1.76. The first-order chi connectivity index (χ1) is 13.1. The zero-order valence-electron chi connectivity index (χ0n) is 15.7. The van der Waals surface area contributed by atoms with Crippen molar-refractivity contribution in [2.45, 2.75) is 32.4 Å². The van der Waals surface area contributed by atoms with Crippen molar-refractivity contribution >= 4 is 11.8 Å². The highest BCUT2D eigenvalue weighted by atomic mass is 16.5. The minimum absolute atomic E-state index is 0.0247. The summed E-state index contributed by atoms with van der Waals surface area (Å²) < 4.78 is 4.94. The van der Waals surface area contributed by atoms with Crippen molar-refractivity contribution in [2.75, 3.05) is 20.2 Å². The number of hydrogen-bond donors (Lipinski definition) is 0. The maximum atomic E-state index is 12.9. The number of carbonyl (C=O) groups excluding carboxylic acids is 2. The molecule has 1 aromatic carbocycles. The molecule has 0 N–H and O–H groups in total. The summed E-state index contributed by atoms with van der Waals surface area (Å²) in [6, 6.07) is 10.1. The third kappa shape index (κ3) is 4.42. The van der Waals surface area contributed by atoms with Crippen LogP contribution in [0, 0.1) is 0 Å². The summed E-state index contributed by atoms with van der Waals surface area (Å²) in [5, 5.41) is 0. The summed E-state index contributed by atoms with van der Waals surface area (Å²) in [7, 11) is 1.48. The van der Waals surface area contributed by atoms with Crippen LogP contribution in [0.5, 0.6) is 6.01 Å². The molecule has 7 nitrogen and oxygen atoms in total. The van der Waals surface area contributed by atoms with E-state index < -0.39 is 0 Å². The second-order valence-corrected chi connectivity index (χ2v) is 6.53.